The molecule has 2 aromatic carbocycles. The molecule has 0 atom stereocenters. The molecule has 0 radical (unpaired) electrons. The van der Waals surface area contributed by atoms with Gasteiger partial charge in [-0.15, -0.1) is 10.2 Å². The van der Waals surface area contributed by atoms with Gasteiger partial charge in [-0.2, -0.15) is 0 Å². The summed E-state index contributed by atoms with van der Waals surface area (Å²) in [6, 6.07) is 16.4. The molecule has 0 N–H and O–H groups in total. The first kappa shape index (κ1) is 16.6. The quantitative estimate of drug-likeness (QED) is 0.617. The summed E-state index contributed by atoms with van der Waals surface area (Å²) < 4.78 is 7.46. The molecule has 0 saturated heterocycles. The molecule has 0 amide bonds. The predicted molar refractivity (Wildman–Crippen MR) is 98.4 cm³/mol. The molecule has 0 unspecified atom stereocenters. The predicted octanol–water partition coefficient (Wildman–Crippen LogP) is 4.57. The fraction of sp³-hybridized carbons (Fsp3) is 0.263. The zero-order valence-corrected chi connectivity index (χ0v) is 15.0. The Labute approximate surface area is 146 Å². The van der Waals surface area contributed by atoms with Crippen LogP contribution in [-0.4, -0.2) is 21.9 Å². The Morgan fingerprint density at radius 1 is 1.08 bits per heavy atom. The van der Waals surface area contributed by atoms with E-state index in [4.69, 9.17) is 4.74 Å². The molecule has 0 aliphatic heterocycles. The second kappa shape index (κ2) is 7.53. The van der Waals surface area contributed by atoms with Crippen LogP contribution in [0.5, 0.6) is 5.75 Å². The van der Waals surface area contributed by atoms with Crippen molar-refractivity contribution in [3.8, 4) is 17.1 Å². The Balaban J connectivity index is 1.83. The van der Waals surface area contributed by atoms with Gasteiger partial charge in [0, 0.05) is 17.9 Å². The first-order chi connectivity index (χ1) is 11.7. The van der Waals surface area contributed by atoms with E-state index < -0.39 is 0 Å². The minimum atomic E-state index is 0.836. The molecule has 4 nitrogen and oxygen atoms in total. The number of ether oxygens (including phenoxy) is 1. The van der Waals surface area contributed by atoms with Crippen LogP contribution in [0.3, 0.4) is 0 Å². The molecule has 0 bridgehead atoms. The fourth-order valence-corrected chi connectivity index (χ4v) is 3.56. The van der Waals surface area contributed by atoms with Gasteiger partial charge in [0.25, 0.3) is 0 Å². The minimum Gasteiger partial charge on any atom is -0.497 e. The molecule has 0 saturated carbocycles. The molecule has 124 valence electrons. The highest BCUT2D eigenvalue weighted by atomic mass is 32.2. The maximum Gasteiger partial charge on any atom is 0.191 e. The van der Waals surface area contributed by atoms with E-state index in [0.29, 0.717) is 0 Å². The summed E-state index contributed by atoms with van der Waals surface area (Å²) in [5, 5.41) is 9.78. The lowest BCUT2D eigenvalue weighted by atomic mass is 10.1. The van der Waals surface area contributed by atoms with Crippen molar-refractivity contribution in [1.82, 2.24) is 14.8 Å². The zero-order valence-electron chi connectivity index (χ0n) is 14.2. The maximum atomic E-state index is 5.28. The number of nitrogens with zero attached hydrogens (tertiary/aromatic N) is 3. The van der Waals surface area contributed by atoms with Crippen molar-refractivity contribution in [2.45, 2.75) is 31.3 Å². The van der Waals surface area contributed by atoms with Gasteiger partial charge < -0.3 is 9.30 Å². The monoisotopic (exact) mass is 339 g/mol. The Kier molecular flexibility index (Phi) is 5.20. The molecule has 1 aromatic heterocycles. The summed E-state index contributed by atoms with van der Waals surface area (Å²) in [5.74, 6) is 2.65. The number of benzene rings is 2. The summed E-state index contributed by atoms with van der Waals surface area (Å²) in [6.45, 7) is 5.07. The summed E-state index contributed by atoms with van der Waals surface area (Å²) in [6.07, 6.45) is 0. The summed E-state index contributed by atoms with van der Waals surface area (Å²) >= 11 is 1.70. The third-order valence-corrected chi connectivity index (χ3v) is 4.96. The fourth-order valence-electron chi connectivity index (χ4n) is 2.61. The number of hydrogen-bond acceptors (Lipinski definition) is 4. The topological polar surface area (TPSA) is 39.9 Å². The van der Waals surface area contributed by atoms with Crippen LogP contribution in [0.2, 0.25) is 0 Å². The molecule has 24 heavy (non-hydrogen) atoms. The average Bonchev–Trinajstić information content (AvgIpc) is 3.03. The number of thioether (sulfide) groups is 1. The summed E-state index contributed by atoms with van der Waals surface area (Å²) in [4.78, 5) is 0. The van der Waals surface area contributed by atoms with Crippen molar-refractivity contribution in [2.24, 2.45) is 0 Å². The highest BCUT2D eigenvalue weighted by Crippen LogP contribution is 2.28. The lowest BCUT2D eigenvalue weighted by molar-refractivity contribution is 0.414. The molecule has 5 heteroatoms. The normalized spacial score (nSPS) is 10.8. The van der Waals surface area contributed by atoms with Crippen molar-refractivity contribution >= 4 is 11.8 Å². The van der Waals surface area contributed by atoms with E-state index in [1.165, 1.54) is 11.1 Å². The van der Waals surface area contributed by atoms with Crippen LogP contribution < -0.4 is 4.74 Å². The van der Waals surface area contributed by atoms with Crippen LogP contribution in [-0.2, 0) is 12.3 Å². The maximum absolute atomic E-state index is 5.28. The molecule has 0 aliphatic rings. The Bertz CT molecular complexity index is 829. The van der Waals surface area contributed by atoms with Crippen molar-refractivity contribution in [1.29, 1.82) is 0 Å². The van der Waals surface area contributed by atoms with Crippen molar-refractivity contribution in [2.75, 3.05) is 7.11 Å². The van der Waals surface area contributed by atoms with Crippen molar-refractivity contribution in [3.05, 3.63) is 59.7 Å². The Morgan fingerprint density at radius 2 is 1.92 bits per heavy atom. The molecule has 0 aliphatic carbocycles. The number of rotatable bonds is 6. The smallest absolute Gasteiger partial charge is 0.191 e. The highest BCUT2D eigenvalue weighted by Gasteiger charge is 2.14. The third-order valence-electron chi connectivity index (χ3n) is 3.92. The van der Waals surface area contributed by atoms with Crippen LogP contribution >= 0.6 is 11.8 Å². The molecule has 0 spiro atoms. The molecular formula is C19H21N3OS. The van der Waals surface area contributed by atoms with Gasteiger partial charge in [0.2, 0.25) is 0 Å². The van der Waals surface area contributed by atoms with E-state index in [2.05, 4.69) is 52.9 Å². The molecule has 3 aromatic rings. The average molecular weight is 339 g/mol. The van der Waals surface area contributed by atoms with Crippen LogP contribution in [0.4, 0.5) is 0 Å². The minimum absolute atomic E-state index is 0.836. The summed E-state index contributed by atoms with van der Waals surface area (Å²) in [7, 11) is 1.69. The van der Waals surface area contributed by atoms with E-state index in [0.717, 1.165) is 34.6 Å². The van der Waals surface area contributed by atoms with Gasteiger partial charge in [-0.3, -0.25) is 0 Å². The number of hydrogen-bond donors (Lipinski definition) is 0. The van der Waals surface area contributed by atoms with E-state index in [-0.39, 0.29) is 0 Å². The van der Waals surface area contributed by atoms with Gasteiger partial charge in [0.15, 0.2) is 11.0 Å². The van der Waals surface area contributed by atoms with Crippen LogP contribution in [0.15, 0.2) is 53.7 Å². The van der Waals surface area contributed by atoms with Gasteiger partial charge in [0.05, 0.1) is 7.11 Å². The number of aryl methyl sites for hydroxylation is 1. The molecule has 1 heterocycles. The first-order valence-corrected chi connectivity index (χ1v) is 8.96. The van der Waals surface area contributed by atoms with E-state index in [1.54, 1.807) is 18.9 Å². The van der Waals surface area contributed by atoms with E-state index in [1.807, 2.05) is 24.3 Å². The van der Waals surface area contributed by atoms with E-state index >= 15 is 0 Å². The van der Waals surface area contributed by atoms with Crippen LogP contribution in [0, 0.1) is 6.92 Å². The molecule has 0 fully saturated rings. The highest BCUT2D eigenvalue weighted by molar-refractivity contribution is 7.98. The first-order valence-electron chi connectivity index (χ1n) is 7.98. The van der Waals surface area contributed by atoms with Gasteiger partial charge in [0.1, 0.15) is 5.75 Å². The van der Waals surface area contributed by atoms with Crippen LogP contribution in [0.1, 0.15) is 18.1 Å². The molecule has 3 rings (SSSR count). The number of methoxy groups -OCH3 is 1. The van der Waals surface area contributed by atoms with E-state index in [9.17, 15) is 0 Å². The summed E-state index contributed by atoms with van der Waals surface area (Å²) in [5.41, 5.74) is 3.56. The number of aromatic nitrogens is 3. The Hall–Kier alpha value is -2.27. The van der Waals surface area contributed by atoms with Gasteiger partial charge >= 0.3 is 0 Å². The lowest BCUT2D eigenvalue weighted by Crippen LogP contribution is -2.00. The Morgan fingerprint density at radius 3 is 2.67 bits per heavy atom. The van der Waals surface area contributed by atoms with Crippen LogP contribution in [0.25, 0.3) is 11.4 Å². The zero-order chi connectivity index (χ0) is 16.9. The largest absolute Gasteiger partial charge is 0.497 e. The standard InChI is InChI=1S/C19H21N3OS/c1-4-22-18(17-11-6-5-8-14(17)2)20-21-19(22)24-13-15-9-7-10-16(12-15)23-3/h5-12H,4,13H2,1-3H3. The second-order valence-electron chi connectivity index (χ2n) is 5.51. The van der Waals surface area contributed by atoms with Crippen molar-refractivity contribution in [3.63, 3.8) is 0 Å². The third kappa shape index (κ3) is 3.46. The van der Waals surface area contributed by atoms with Crippen molar-refractivity contribution < 1.29 is 4.74 Å². The lowest BCUT2D eigenvalue weighted by Gasteiger charge is -2.09. The second-order valence-corrected chi connectivity index (χ2v) is 6.45. The van der Waals surface area contributed by atoms with Gasteiger partial charge in [-0.1, -0.05) is 48.2 Å². The van der Waals surface area contributed by atoms with Gasteiger partial charge in [-0.25, -0.2) is 0 Å². The molecular weight excluding hydrogens is 318 g/mol. The van der Waals surface area contributed by atoms with Gasteiger partial charge in [-0.05, 0) is 37.1 Å². The SMILES string of the molecule is CCn1c(SCc2cccc(OC)c2)nnc1-c1ccccc1C.